The lowest BCUT2D eigenvalue weighted by Crippen LogP contribution is -2.29. The van der Waals surface area contributed by atoms with Crippen molar-refractivity contribution in [1.82, 2.24) is 4.57 Å². The van der Waals surface area contributed by atoms with E-state index < -0.39 is 5.97 Å². The highest BCUT2D eigenvalue weighted by Crippen LogP contribution is 2.35. The van der Waals surface area contributed by atoms with E-state index in [1.165, 1.54) is 4.90 Å². The van der Waals surface area contributed by atoms with Crippen LogP contribution >= 0.6 is 0 Å². The lowest BCUT2D eigenvalue weighted by molar-refractivity contribution is -0.119. The number of anilines is 1. The highest BCUT2D eigenvalue weighted by atomic mass is 16.5. The Hall–Kier alpha value is -3.93. The Bertz CT molecular complexity index is 1310. The fraction of sp³-hybridized carbons (Fsp3) is 0.222. The third-order valence-electron chi connectivity index (χ3n) is 5.95. The Labute approximate surface area is 192 Å². The third kappa shape index (κ3) is 3.67. The minimum absolute atomic E-state index is 0.273. The second-order valence-corrected chi connectivity index (χ2v) is 8.23. The number of para-hydroxylation sites is 1. The summed E-state index contributed by atoms with van der Waals surface area (Å²) in [4.78, 5) is 39.9. The number of benzene rings is 2. The first-order valence-corrected chi connectivity index (χ1v) is 10.9. The summed E-state index contributed by atoms with van der Waals surface area (Å²) in [5, 5.41) is 1.11. The number of allylic oxidation sites excluding steroid dienone is 1. The second kappa shape index (κ2) is 8.54. The molecule has 1 aliphatic rings. The number of hydrogen-bond donors (Lipinski definition) is 0. The van der Waals surface area contributed by atoms with Gasteiger partial charge in [-0.2, -0.15) is 0 Å². The molecule has 2 aromatic carbocycles. The van der Waals surface area contributed by atoms with Gasteiger partial charge in [-0.15, -0.1) is 0 Å². The molecule has 168 valence electrons. The van der Waals surface area contributed by atoms with Gasteiger partial charge in [-0.05, 0) is 69.7 Å². The number of amides is 2. The maximum atomic E-state index is 13.5. The Morgan fingerprint density at radius 3 is 2.27 bits per heavy atom. The molecule has 1 saturated heterocycles. The number of hydrogen-bond acceptors (Lipinski definition) is 4. The van der Waals surface area contributed by atoms with Crippen molar-refractivity contribution < 1.29 is 19.1 Å². The lowest BCUT2D eigenvalue weighted by atomic mass is 10.0. The van der Waals surface area contributed by atoms with E-state index in [1.807, 2.05) is 62.7 Å². The van der Waals surface area contributed by atoms with E-state index >= 15 is 0 Å². The van der Waals surface area contributed by atoms with E-state index in [0.717, 1.165) is 27.7 Å². The molecule has 1 aliphatic heterocycles. The third-order valence-corrected chi connectivity index (χ3v) is 5.95. The minimum Gasteiger partial charge on any atom is -0.462 e. The molecule has 2 amide bonds. The molecule has 6 heteroatoms. The predicted molar refractivity (Wildman–Crippen MR) is 129 cm³/mol. The maximum Gasteiger partial charge on any atom is 0.338 e. The van der Waals surface area contributed by atoms with Crippen molar-refractivity contribution in [3.8, 4) is 0 Å². The van der Waals surface area contributed by atoms with Crippen LogP contribution in [0.25, 0.3) is 17.0 Å². The first kappa shape index (κ1) is 22.3. The van der Waals surface area contributed by atoms with Crippen LogP contribution in [-0.4, -0.2) is 29.0 Å². The van der Waals surface area contributed by atoms with Crippen molar-refractivity contribution in [3.63, 3.8) is 0 Å². The van der Waals surface area contributed by atoms with Gasteiger partial charge in [-0.3, -0.25) is 9.59 Å². The van der Waals surface area contributed by atoms with E-state index in [1.54, 1.807) is 31.2 Å². The van der Waals surface area contributed by atoms with E-state index in [0.29, 0.717) is 22.4 Å². The maximum absolute atomic E-state index is 13.5. The molecule has 0 spiro atoms. The molecule has 0 aliphatic carbocycles. The molecule has 0 bridgehead atoms. The zero-order valence-electron chi connectivity index (χ0n) is 19.4. The van der Waals surface area contributed by atoms with Crippen molar-refractivity contribution in [2.24, 2.45) is 7.05 Å². The Kier molecular flexibility index (Phi) is 5.77. The van der Waals surface area contributed by atoms with Gasteiger partial charge in [-0.25, -0.2) is 9.69 Å². The van der Waals surface area contributed by atoms with Gasteiger partial charge in [0.05, 0.1) is 29.0 Å². The molecular weight excluding hydrogens is 416 g/mol. The van der Waals surface area contributed by atoms with Crippen molar-refractivity contribution in [1.29, 1.82) is 0 Å². The van der Waals surface area contributed by atoms with Crippen molar-refractivity contribution in [2.75, 3.05) is 11.5 Å². The lowest BCUT2D eigenvalue weighted by Gasteiger charge is -2.13. The van der Waals surface area contributed by atoms with Gasteiger partial charge in [0.15, 0.2) is 0 Å². The summed E-state index contributed by atoms with van der Waals surface area (Å²) in [6.07, 6.45) is 1.81. The van der Waals surface area contributed by atoms with E-state index in [4.69, 9.17) is 4.74 Å². The molecule has 0 atom stereocenters. The van der Waals surface area contributed by atoms with Crippen LogP contribution in [0.4, 0.5) is 5.69 Å². The van der Waals surface area contributed by atoms with Gasteiger partial charge < -0.3 is 9.30 Å². The number of carbonyl (C=O) groups is 3. The predicted octanol–water partition coefficient (Wildman–Crippen LogP) is 4.96. The number of ether oxygens (including phenoxy) is 1. The molecule has 0 radical (unpaired) electrons. The van der Waals surface area contributed by atoms with Crippen LogP contribution < -0.4 is 4.90 Å². The molecule has 33 heavy (non-hydrogen) atoms. The first-order chi connectivity index (χ1) is 15.8. The number of fused-ring (bicyclic) bond motifs is 1. The van der Waals surface area contributed by atoms with Gasteiger partial charge in [0.1, 0.15) is 0 Å². The number of imide groups is 1. The average Bonchev–Trinajstić information content (AvgIpc) is 3.19. The Morgan fingerprint density at radius 1 is 1.00 bits per heavy atom. The van der Waals surface area contributed by atoms with Crippen LogP contribution in [0.1, 0.15) is 42.4 Å². The highest BCUT2D eigenvalue weighted by Gasteiger charge is 2.40. The van der Waals surface area contributed by atoms with Crippen LogP contribution in [0, 0.1) is 6.92 Å². The molecule has 6 nitrogen and oxygen atoms in total. The fourth-order valence-electron chi connectivity index (χ4n) is 4.30. The van der Waals surface area contributed by atoms with Crippen LogP contribution in [0.15, 0.2) is 65.3 Å². The largest absolute Gasteiger partial charge is 0.462 e. The molecule has 0 saturated carbocycles. The number of esters is 1. The summed E-state index contributed by atoms with van der Waals surface area (Å²) in [5.74, 6) is -1.20. The number of aryl methyl sites for hydroxylation is 2. The van der Waals surface area contributed by atoms with Crippen LogP contribution in [0.5, 0.6) is 0 Å². The number of rotatable bonds is 4. The van der Waals surface area contributed by atoms with E-state index in [-0.39, 0.29) is 18.4 Å². The standard InChI is InChI=1S/C27H26N2O4/c1-6-33-27(32)18-11-13-19(14-12-18)29-25(30)21(24(16(2)3)26(29)31)15-23-17(4)20-9-7-8-10-22(20)28(23)5/h7-15H,6H2,1-5H3/b21-15+. The molecular formula is C27H26N2O4. The summed E-state index contributed by atoms with van der Waals surface area (Å²) in [7, 11) is 1.96. The average molecular weight is 443 g/mol. The number of nitrogens with zero attached hydrogens (tertiary/aromatic N) is 2. The molecule has 0 N–H and O–H groups in total. The summed E-state index contributed by atoms with van der Waals surface area (Å²) in [6.45, 7) is 7.69. The van der Waals surface area contributed by atoms with Crippen LogP contribution in [0.3, 0.4) is 0 Å². The molecule has 1 aromatic heterocycles. The van der Waals surface area contributed by atoms with Crippen LogP contribution in [0.2, 0.25) is 0 Å². The Morgan fingerprint density at radius 2 is 1.67 bits per heavy atom. The van der Waals surface area contributed by atoms with Crippen molar-refractivity contribution >= 4 is 40.4 Å². The summed E-state index contributed by atoms with van der Waals surface area (Å²) < 4.78 is 7.05. The van der Waals surface area contributed by atoms with Gasteiger partial charge in [-0.1, -0.05) is 23.8 Å². The SMILES string of the molecule is CCOC(=O)c1ccc(N2C(=O)C(=C(C)C)/C(=C\c3c(C)c4ccccc4n3C)C2=O)cc1. The van der Waals surface area contributed by atoms with Crippen molar-refractivity contribution in [3.05, 3.63) is 82.1 Å². The van der Waals surface area contributed by atoms with Crippen molar-refractivity contribution in [2.45, 2.75) is 27.7 Å². The minimum atomic E-state index is -0.444. The zero-order chi connectivity index (χ0) is 23.9. The molecule has 3 aromatic rings. The molecule has 1 fully saturated rings. The Balaban J connectivity index is 1.80. The van der Waals surface area contributed by atoms with E-state index in [9.17, 15) is 14.4 Å². The number of aromatic nitrogens is 1. The fourth-order valence-corrected chi connectivity index (χ4v) is 4.30. The monoisotopic (exact) mass is 442 g/mol. The second-order valence-electron chi connectivity index (χ2n) is 8.23. The van der Waals surface area contributed by atoms with E-state index in [2.05, 4.69) is 0 Å². The quantitative estimate of drug-likeness (QED) is 0.325. The van der Waals surface area contributed by atoms with Gasteiger partial charge >= 0.3 is 5.97 Å². The number of carbonyl (C=O) groups excluding carboxylic acids is 3. The van der Waals surface area contributed by atoms with Gasteiger partial charge in [0, 0.05) is 23.6 Å². The molecule has 0 unspecified atom stereocenters. The summed E-state index contributed by atoms with van der Waals surface area (Å²) in [6, 6.07) is 14.4. The first-order valence-electron chi connectivity index (χ1n) is 10.9. The molecule has 4 rings (SSSR count). The topological polar surface area (TPSA) is 68.6 Å². The van der Waals surface area contributed by atoms with Crippen LogP contribution in [-0.2, 0) is 21.4 Å². The smallest absolute Gasteiger partial charge is 0.338 e. The van der Waals surface area contributed by atoms with Gasteiger partial charge in [0.25, 0.3) is 11.8 Å². The highest BCUT2D eigenvalue weighted by molar-refractivity contribution is 6.38. The zero-order valence-corrected chi connectivity index (χ0v) is 19.4. The molecule has 2 heterocycles. The summed E-state index contributed by atoms with van der Waals surface area (Å²) in [5.41, 5.74) is 5.29. The van der Waals surface area contributed by atoms with Gasteiger partial charge in [0.2, 0.25) is 0 Å². The normalized spacial score (nSPS) is 15.1. The summed E-state index contributed by atoms with van der Waals surface area (Å²) >= 11 is 0.